The minimum atomic E-state index is -0.0353. The summed E-state index contributed by atoms with van der Waals surface area (Å²) >= 11 is 0. The van der Waals surface area contributed by atoms with Gasteiger partial charge < -0.3 is 5.11 Å². The van der Waals surface area contributed by atoms with E-state index in [4.69, 9.17) is 0 Å². The highest BCUT2D eigenvalue weighted by Gasteiger charge is 2.35. The van der Waals surface area contributed by atoms with E-state index in [1.165, 1.54) is 38.5 Å². The maximum Gasteiger partial charge on any atom is 0.0696 e. The molecule has 0 heterocycles. The van der Waals surface area contributed by atoms with E-state index in [9.17, 15) is 5.11 Å². The van der Waals surface area contributed by atoms with Gasteiger partial charge in [0.05, 0.1) is 6.10 Å². The number of nitrogens with zero attached hydrogens (tertiary/aromatic N) is 1. The number of hydrogen-bond acceptors (Lipinski definition) is 2. The average molecular weight is 183 g/mol. The maximum atomic E-state index is 9.57. The van der Waals surface area contributed by atoms with Gasteiger partial charge in [-0.05, 0) is 32.7 Å². The van der Waals surface area contributed by atoms with E-state index in [0.717, 1.165) is 12.5 Å². The Bertz CT molecular complexity index is 165. The fraction of sp³-hybridized carbons (Fsp3) is 1.00. The second-order valence-electron chi connectivity index (χ2n) is 4.67. The number of aliphatic hydroxyl groups is 1. The Morgan fingerprint density at radius 3 is 2.15 bits per heavy atom. The number of rotatable bonds is 2. The third-order valence-electron chi connectivity index (χ3n) is 3.88. The molecule has 0 saturated heterocycles. The fourth-order valence-corrected chi connectivity index (χ4v) is 2.70. The zero-order valence-electron chi connectivity index (χ0n) is 8.58. The monoisotopic (exact) mass is 183 g/mol. The Morgan fingerprint density at radius 2 is 1.69 bits per heavy atom. The predicted octanol–water partition coefficient (Wildman–Crippen LogP) is 1.77. The molecule has 0 aromatic carbocycles. The van der Waals surface area contributed by atoms with Crippen molar-refractivity contribution in [1.82, 2.24) is 4.90 Å². The van der Waals surface area contributed by atoms with Crippen LogP contribution in [-0.2, 0) is 0 Å². The van der Waals surface area contributed by atoms with Crippen LogP contribution in [0.5, 0.6) is 0 Å². The lowest BCUT2D eigenvalue weighted by molar-refractivity contribution is -0.0330. The average Bonchev–Trinajstić information content (AvgIpc) is 2.17. The number of aliphatic hydroxyl groups excluding tert-OH is 1. The minimum absolute atomic E-state index is 0.0353. The molecule has 2 nitrogen and oxygen atoms in total. The van der Waals surface area contributed by atoms with E-state index in [2.05, 4.69) is 11.9 Å². The van der Waals surface area contributed by atoms with Gasteiger partial charge in [-0.15, -0.1) is 0 Å². The molecule has 76 valence electrons. The molecule has 0 amide bonds. The van der Waals surface area contributed by atoms with E-state index >= 15 is 0 Å². The summed E-state index contributed by atoms with van der Waals surface area (Å²) in [6, 6.07) is 1.23. The van der Waals surface area contributed by atoms with Crippen molar-refractivity contribution < 1.29 is 5.11 Å². The van der Waals surface area contributed by atoms with Crippen LogP contribution >= 0.6 is 0 Å². The lowest BCUT2D eigenvalue weighted by Crippen LogP contribution is -2.52. The quantitative estimate of drug-likeness (QED) is 0.705. The SMILES string of the molecule is CN(C1CCCCC1)C1CCC1O. The molecule has 2 heteroatoms. The van der Waals surface area contributed by atoms with Crippen LogP contribution in [-0.4, -0.2) is 35.2 Å². The molecule has 2 rings (SSSR count). The molecule has 0 aliphatic heterocycles. The first-order chi connectivity index (χ1) is 6.29. The smallest absolute Gasteiger partial charge is 0.0696 e. The lowest BCUT2D eigenvalue weighted by atomic mass is 9.85. The Balaban J connectivity index is 1.84. The topological polar surface area (TPSA) is 23.5 Å². The minimum Gasteiger partial charge on any atom is -0.391 e. The maximum absolute atomic E-state index is 9.57. The molecule has 2 atom stereocenters. The Kier molecular flexibility index (Phi) is 2.89. The van der Waals surface area contributed by atoms with Gasteiger partial charge in [0, 0.05) is 12.1 Å². The highest BCUT2D eigenvalue weighted by atomic mass is 16.3. The molecule has 0 bridgehead atoms. The van der Waals surface area contributed by atoms with Crippen molar-refractivity contribution in [3.05, 3.63) is 0 Å². The highest BCUT2D eigenvalue weighted by molar-refractivity contribution is 4.90. The third kappa shape index (κ3) is 1.89. The zero-order valence-corrected chi connectivity index (χ0v) is 8.58. The molecule has 0 aromatic heterocycles. The summed E-state index contributed by atoms with van der Waals surface area (Å²) in [6.45, 7) is 0. The Hall–Kier alpha value is -0.0800. The van der Waals surface area contributed by atoms with Crippen molar-refractivity contribution in [1.29, 1.82) is 0 Å². The van der Waals surface area contributed by atoms with Crippen LogP contribution < -0.4 is 0 Å². The van der Waals surface area contributed by atoms with Crippen LogP contribution in [0.2, 0.25) is 0 Å². The van der Waals surface area contributed by atoms with Crippen LogP contribution in [0.25, 0.3) is 0 Å². The third-order valence-corrected chi connectivity index (χ3v) is 3.88. The molecule has 2 fully saturated rings. The van der Waals surface area contributed by atoms with Gasteiger partial charge in [-0.25, -0.2) is 0 Å². The van der Waals surface area contributed by atoms with Crippen LogP contribution in [0.4, 0.5) is 0 Å². The highest BCUT2D eigenvalue weighted by Crippen LogP contribution is 2.30. The summed E-state index contributed by atoms with van der Waals surface area (Å²) in [7, 11) is 2.20. The number of likely N-dealkylation sites (N-methyl/N-ethyl adjacent to an activating group) is 1. The van der Waals surface area contributed by atoms with Gasteiger partial charge in [0.15, 0.2) is 0 Å². The van der Waals surface area contributed by atoms with Gasteiger partial charge in [0.25, 0.3) is 0 Å². The largest absolute Gasteiger partial charge is 0.391 e. The second-order valence-corrected chi connectivity index (χ2v) is 4.67. The first-order valence-electron chi connectivity index (χ1n) is 5.69. The van der Waals surface area contributed by atoms with Gasteiger partial charge in [-0.1, -0.05) is 19.3 Å². The number of hydrogen-bond donors (Lipinski definition) is 1. The second kappa shape index (κ2) is 3.97. The van der Waals surface area contributed by atoms with Crippen molar-refractivity contribution in [2.45, 2.75) is 63.1 Å². The summed E-state index contributed by atoms with van der Waals surface area (Å²) in [4.78, 5) is 2.44. The Morgan fingerprint density at radius 1 is 1.00 bits per heavy atom. The molecule has 0 spiro atoms. The normalized spacial score (nSPS) is 36.2. The van der Waals surface area contributed by atoms with Crippen molar-refractivity contribution >= 4 is 0 Å². The van der Waals surface area contributed by atoms with Gasteiger partial charge in [0.2, 0.25) is 0 Å². The first-order valence-corrected chi connectivity index (χ1v) is 5.69. The van der Waals surface area contributed by atoms with E-state index in [1.807, 2.05) is 0 Å². The van der Waals surface area contributed by atoms with Gasteiger partial charge in [0.1, 0.15) is 0 Å². The van der Waals surface area contributed by atoms with E-state index < -0.39 is 0 Å². The van der Waals surface area contributed by atoms with E-state index in [0.29, 0.717) is 6.04 Å². The van der Waals surface area contributed by atoms with Crippen molar-refractivity contribution in [2.75, 3.05) is 7.05 Å². The summed E-state index contributed by atoms with van der Waals surface area (Å²) in [5, 5.41) is 9.57. The van der Waals surface area contributed by atoms with Gasteiger partial charge >= 0.3 is 0 Å². The zero-order chi connectivity index (χ0) is 9.26. The van der Waals surface area contributed by atoms with E-state index in [1.54, 1.807) is 0 Å². The van der Waals surface area contributed by atoms with Crippen LogP contribution in [0.1, 0.15) is 44.9 Å². The molecule has 2 aliphatic rings. The molecule has 2 saturated carbocycles. The van der Waals surface area contributed by atoms with Crippen molar-refractivity contribution in [2.24, 2.45) is 0 Å². The van der Waals surface area contributed by atoms with Gasteiger partial charge in [-0.3, -0.25) is 4.90 Å². The summed E-state index contributed by atoms with van der Waals surface area (Å²) < 4.78 is 0. The molecule has 2 unspecified atom stereocenters. The molecule has 13 heavy (non-hydrogen) atoms. The van der Waals surface area contributed by atoms with Crippen LogP contribution in [0, 0.1) is 0 Å². The standard InChI is InChI=1S/C11H21NO/c1-12(10-7-8-11(10)13)9-5-3-2-4-6-9/h9-11,13H,2-8H2,1H3. The van der Waals surface area contributed by atoms with Crippen LogP contribution in [0.3, 0.4) is 0 Å². The van der Waals surface area contributed by atoms with Gasteiger partial charge in [-0.2, -0.15) is 0 Å². The molecular formula is C11H21NO. The van der Waals surface area contributed by atoms with Crippen LogP contribution in [0.15, 0.2) is 0 Å². The van der Waals surface area contributed by atoms with Crippen molar-refractivity contribution in [3.63, 3.8) is 0 Å². The molecule has 0 radical (unpaired) electrons. The molecule has 0 aromatic rings. The molecule has 1 N–H and O–H groups in total. The Labute approximate surface area is 80.9 Å². The van der Waals surface area contributed by atoms with E-state index in [-0.39, 0.29) is 6.10 Å². The fourth-order valence-electron chi connectivity index (χ4n) is 2.70. The first kappa shape index (κ1) is 9.47. The summed E-state index contributed by atoms with van der Waals surface area (Å²) in [5.74, 6) is 0. The molecule has 2 aliphatic carbocycles. The summed E-state index contributed by atoms with van der Waals surface area (Å²) in [6.07, 6.45) is 9.06. The predicted molar refractivity (Wildman–Crippen MR) is 53.7 cm³/mol. The van der Waals surface area contributed by atoms with Crippen molar-refractivity contribution in [3.8, 4) is 0 Å². The molecular weight excluding hydrogens is 162 g/mol. The lowest BCUT2D eigenvalue weighted by Gasteiger charge is -2.44. The summed E-state index contributed by atoms with van der Waals surface area (Å²) in [5.41, 5.74) is 0.